The minimum absolute atomic E-state index is 0.0332. The average Bonchev–Trinajstić information content (AvgIpc) is 2.82. The van der Waals surface area contributed by atoms with Crippen LogP contribution in [0.5, 0.6) is 0 Å². The van der Waals surface area contributed by atoms with Gasteiger partial charge in [-0.25, -0.2) is 0 Å². The molecule has 1 aromatic carbocycles. The van der Waals surface area contributed by atoms with Crippen LogP contribution in [0.2, 0.25) is 5.02 Å². The largest absolute Gasteiger partial charge is 0.372 e. The van der Waals surface area contributed by atoms with Crippen LogP contribution in [-0.4, -0.2) is 18.3 Å². The predicted molar refractivity (Wildman–Crippen MR) is 80.8 cm³/mol. The van der Waals surface area contributed by atoms with Crippen LogP contribution in [0.3, 0.4) is 0 Å². The lowest BCUT2D eigenvalue weighted by Gasteiger charge is -2.39. The van der Waals surface area contributed by atoms with Gasteiger partial charge in [0, 0.05) is 11.4 Å². The Morgan fingerprint density at radius 3 is 3.05 bits per heavy atom. The Balaban J connectivity index is 1.69. The zero-order chi connectivity index (χ0) is 14.9. The van der Waals surface area contributed by atoms with Crippen LogP contribution in [0.4, 0.5) is 0 Å². The second kappa shape index (κ2) is 5.96. The first-order valence-corrected chi connectivity index (χ1v) is 7.86. The van der Waals surface area contributed by atoms with Gasteiger partial charge in [-0.05, 0) is 43.2 Å². The first kappa shape index (κ1) is 14.8. The molecule has 3 nitrogen and oxygen atoms in total. The molecule has 0 spiro atoms. The third-order valence-electron chi connectivity index (χ3n) is 4.91. The molecule has 2 fully saturated rings. The smallest absolute Gasteiger partial charge is 0.0918 e. The molecule has 0 N–H and O–H groups in total. The van der Waals surface area contributed by atoms with Crippen molar-refractivity contribution in [2.45, 2.75) is 44.5 Å². The van der Waals surface area contributed by atoms with E-state index in [9.17, 15) is 0 Å². The third-order valence-corrected chi connectivity index (χ3v) is 5.28. The summed E-state index contributed by atoms with van der Waals surface area (Å²) in [5, 5.41) is 9.72. The fourth-order valence-corrected chi connectivity index (χ4v) is 3.79. The van der Waals surface area contributed by atoms with Gasteiger partial charge in [0.05, 0.1) is 31.0 Å². The van der Waals surface area contributed by atoms with Gasteiger partial charge in [0.2, 0.25) is 0 Å². The highest BCUT2D eigenvalue weighted by molar-refractivity contribution is 6.31. The fourth-order valence-electron chi connectivity index (χ4n) is 3.60. The van der Waals surface area contributed by atoms with Gasteiger partial charge in [-0.2, -0.15) is 5.26 Å². The quantitative estimate of drug-likeness (QED) is 0.845. The van der Waals surface area contributed by atoms with Crippen LogP contribution in [0.25, 0.3) is 0 Å². The lowest BCUT2D eigenvalue weighted by atomic mass is 9.72. The van der Waals surface area contributed by atoms with Gasteiger partial charge in [0.1, 0.15) is 0 Å². The maximum absolute atomic E-state index is 8.99. The Kier molecular flexibility index (Phi) is 4.21. The molecule has 2 aliphatic rings. The van der Waals surface area contributed by atoms with Crippen molar-refractivity contribution >= 4 is 11.6 Å². The highest BCUT2D eigenvalue weighted by Gasteiger charge is 2.51. The number of benzene rings is 1. The lowest BCUT2D eigenvalue weighted by Crippen LogP contribution is -2.45. The molecule has 112 valence electrons. The van der Waals surface area contributed by atoms with Gasteiger partial charge < -0.3 is 9.47 Å². The van der Waals surface area contributed by atoms with Crippen LogP contribution in [0.1, 0.15) is 31.7 Å². The number of nitriles is 1. The molecule has 1 saturated heterocycles. The lowest BCUT2D eigenvalue weighted by molar-refractivity contribution is -0.124. The van der Waals surface area contributed by atoms with Crippen LogP contribution in [0, 0.1) is 23.2 Å². The number of fused-ring (bicyclic) bond motifs is 2. The number of ether oxygens (including phenoxy) is 2. The van der Waals surface area contributed by atoms with Gasteiger partial charge in [-0.3, -0.25) is 0 Å². The van der Waals surface area contributed by atoms with E-state index >= 15 is 0 Å². The molecule has 0 amide bonds. The number of halogens is 1. The molecule has 1 aliphatic heterocycles. The van der Waals surface area contributed by atoms with Crippen molar-refractivity contribution in [3.63, 3.8) is 0 Å². The standard InChI is InChI=1S/C17H20ClNO2/c1-17-9-14(11-21-17)12(6-7-19)8-16(17)20-10-13-4-2-3-5-15(13)18/h2-5,12,14,16H,6,8-11H2,1H3. The second-order valence-electron chi connectivity index (χ2n) is 6.34. The second-order valence-corrected chi connectivity index (χ2v) is 6.74. The summed E-state index contributed by atoms with van der Waals surface area (Å²) < 4.78 is 12.1. The average molecular weight is 306 g/mol. The molecule has 21 heavy (non-hydrogen) atoms. The SMILES string of the molecule is CC12CC(CO1)C(CC#N)CC2OCc1ccccc1Cl. The summed E-state index contributed by atoms with van der Waals surface area (Å²) in [7, 11) is 0. The topological polar surface area (TPSA) is 42.2 Å². The number of rotatable bonds is 4. The van der Waals surface area contributed by atoms with Crippen molar-refractivity contribution < 1.29 is 9.47 Å². The number of hydrogen-bond acceptors (Lipinski definition) is 3. The third kappa shape index (κ3) is 2.94. The highest BCUT2D eigenvalue weighted by atomic mass is 35.5. The molecule has 1 aromatic rings. The molecule has 1 aliphatic carbocycles. The molecule has 1 heterocycles. The maximum atomic E-state index is 8.99. The van der Waals surface area contributed by atoms with Gasteiger partial charge in [0.25, 0.3) is 0 Å². The van der Waals surface area contributed by atoms with Gasteiger partial charge in [-0.1, -0.05) is 29.8 Å². The van der Waals surface area contributed by atoms with Crippen LogP contribution < -0.4 is 0 Å². The maximum Gasteiger partial charge on any atom is 0.0918 e. The first-order valence-electron chi connectivity index (χ1n) is 7.48. The number of nitrogens with zero attached hydrogens (tertiary/aromatic N) is 1. The Labute approximate surface area is 130 Å². The van der Waals surface area contributed by atoms with E-state index in [2.05, 4.69) is 13.0 Å². The minimum Gasteiger partial charge on any atom is -0.372 e. The Bertz CT molecular complexity index is 556. The Morgan fingerprint density at radius 1 is 1.48 bits per heavy atom. The zero-order valence-corrected chi connectivity index (χ0v) is 13.0. The van der Waals surface area contributed by atoms with Crippen molar-refractivity contribution in [2.75, 3.05) is 6.61 Å². The molecule has 1 saturated carbocycles. The highest BCUT2D eigenvalue weighted by Crippen LogP contribution is 2.47. The zero-order valence-electron chi connectivity index (χ0n) is 12.2. The van der Waals surface area contributed by atoms with E-state index in [1.807, 2.05) is 24.3 Å². The van der Waals surface area contributed by atoms with Crippen molar-refractivity contribution in [1.82, 2.24) is 0 Å². The van der Waals surface area contributed by atoms with E-state index in [1.54, 1.807) is 0 Å². The molecule has 4 unspecified atom stereocenters. The summed E-state index contributed by atoms with van der Waals surface area (Å²) in [4.78, 5) is 0. The van der Waals surface area contributed by atoms with Gasteiger partial charge in [0.15, 0.2) is 0 Å². The molecule has 4 heteroatoms. The molecule has 2 bridgehead atoms. The molecular weight excluding hydrogens is 286 g/mol. The van der Waals surface area contributed by atoms with Crippen LogP contribution in [0.15, 0.2) is 24.3 Å². The summed E-state index contributed by atoms with van der Waals surface area (Å²) in [6.45, 7) is 3.38. The van der Waals surface area contributed by atoms with Gasteiger partial charge in [-0.15, -0.1) is 0 Å². The predicted octanol–water partition coefficient (Wildman–Crippen LogP) is 3.95. The van der Waals surface area contributed by atoms with Crippen molar-refractivity contribution in [2.24, 2.45) is 11.8 Å². The molecule has 4 atom stereocenters. The summed E-state index contributed by atoms with van der Waals surface area (Å²) in [5.74, 6) is 0.900. The van der Waals surface area contributed by atoms with E-state index in [-0.39, 0.29) is 11.7 Å². The van der Waals surface area contributed by atoms with E-state index in [1.165, 1.54) is 0 Å². The van der Waals surface area contributed by atoms with Crippen molar-refractivity contribution in [1.29, 1.82) is 5.26 Å². The summed E-state index contributed by atoms with van der Waals surface area (Å²) in [6, 6.07) is 10.1. The van der Waals surface area contributed by atoms with Gasteiger partial charge >= 0.3 is 0 Å². The van der Waals surface area contributed by atoms with Crippen LogP contribution >= 0.6 is 11.6 Å². The normalized spacial score (nSPS) is 34.6. The van der Waals surface area contributed by atoms with E-state index in [0.717, 1.165) is 30.0 Å². The molecule has 0 radical (unpaired) electrons. The molecule has 0 aromatic heterocycles. The van der Waals surface area contributed by atoms with Crippen LogP contribution in [-0.2, 0) is 16.1 Å². The Hall–Kier alpha value is -1.08. The summed E-state index contributed by atoms with van der Waals surface area (Å²) in [6.07, 6.45) is 2.52. The summed E-state index contributed by atoms with van der Waals surface area (Å²) in [5.41, 5.74) is 0.789. The van der Waals surface area contributed by atoms with Crippen molar-refractivity contribution in [3.05, 3.63) is 34.9 Å². The molecular formula is C17H20ClNO2. The molecule has 3 rings (SSSR count). The fraction of sp³-hybridized carbons (Fsp3) is 0.588. The monoisotopic (exact) mass is 305 g/mol. The summed E-state index contributed by atoms with van der Waals surface area (Å²) >= 11 is 6.18. The number of hydrogen-bond donors (Lipinski definition) is 0. The first-order chi connectivity index (χ1) is 10.1. The van der Waals surface area contributed by atoms with E-state index in [4.69, 9.17) is 26.3 Å². The Morgan fingerprint density at radius 2 is 2.29 bits per heavy atom. The van der Waals surface area contributed by atoms with E-state index < -0.39 is 0 Å². The van der Waals surface area contributed by atoms with E-state index in [0.29, 0.717) is 24.9 Å². The van der Waals surface area contributed by atoms with Crippen molar-refractivity contribution in [3.8, 4) is 6.07 Å². The minimum atomic E-state index is -0.210.